The molecule has 2 heterocycles. The monoisotopic (exact) mass is 540 g/mol. The van der Waals surface area contributed by atoms with Gasteiger partial charge in [0.15, 0.2) is 11.4 Å². The molecule has 1 saturated carbocycles. The summed E-state index contributed by atoms with van der Waals surface area (Å²) in [5.74, 6) is -3.62. The summed E-state index contributed by atoms with van der Waals surface area (Å²) in [4.78, 5) is 54.8. The van der Waals surface area contributed by atoms with Gasteiger partial charge in [-0.25, -0.2) is 4.39 Å². The number of rotatable bonds is 5. The number of nitrogens with zero attached hydrogens (tertiary/aromatic N) is 3. The Morgan fingerprint density at radius 2 is 1.97 bits per heavy atom. The van der Waals surface area contributed by atoms with Crippen LogP contribution in [0.4, 0.5) is 4.39 Å². The van der Waals surface area contributed by atoms with Gasteiger partial charge in [-0.15, -0.1) is 12.4 Å². The van der Waals surface area contributed by atoms with Crippen LogP contribution in [-0.2, 0) is 16.9 Å². The Balaban J connectivity index is 0.00000361. The van der Waals surface area contributed by atoms with Crippen LogP contribution in [0.5, 0.6) is 5.75 Å². The first-order valence-corrected chi connectivity index (χ1v) is 11.5. The van der Waals surface area contributed by atoms with Crippen LogP contribution in [0.3, 0.4) is 0 Å². The Morgan fingerprint density at radius 1 is 1.31 bits per heavy atom. The van der Waals surface area contributed by atoms with Crippen molar-refractivity contribution in [1.29, 1.82) is 0 Å². The number of amides is 3. The lowest BCUT2D eigenvalue weighted by Gasteiger charge is -2.39. The van der Waals surface area contributed by atoms with Crippen LogP contribution in [-0.4, -0.2) is 63.9 Å². The smallest absolute Gasteiger partial charge is 0.274 e. The summed E-state index contributed by atoms with van der Waals surface area (Å²) in [6.07, 6.45) is 1.60. The van der Waals surface area contributed by atoms with E-state index in [0.29, 0.717) is 6.42 Å². The summed E-state index contributed by atoms with van der Waals surface area (Å²) < 4.78 is 15.6. The fraction of sp³-hybridized carbons (Fsp3) is 0.417. The summed E-state index contributed by atoms with van der Waals surface area (Å²) in [5, 5.41) is 13.1. The lowest BCUT2D eigenvalue weighted by Crippen LogP contribution is -2.53. The Hall–Kier alpha value is -3.11. The van der Waals surface area contributed by atoms with Gasteiger partial charge >= 0.3 is 0 Å². The molecule has 1 aliphatic carbocycles. The first kappa shape index (κ1) is 27.5. The number of carbonyl (C=O) groups excluding carboxylic acids is 3. The number of aromatic nitrogens is 1. The molecule has 194 valence electrons. The molecule has 0 unspecified atom stereocenters. The van der Waals surface area contributed by atoms with Gasteiger partial charge in [-0.05, 0) is 26.3 Å². The molecule has 0 radical (unpaired) electrons. The molecule has 2 atom stereocenters. The fourth-order valence-electron chi connectivity index (χ4n) is 4.63. The van der Waals surface area contributed by atoms with Crippen molar-refractivity contribution in [3.8, 4) is 5.75 Å². The van der Waals surface area contributed by atoms with E-state index >= 15 is 0 Å². The van der Waals surface area contributed by atoms with Crippen LogP contribution in [0.25, 0.3) is 0 Å². The number of benzene rings is 1. The molecule has 1 aliphatic heterocycles. The standard InChI is InChI=1S/C24H26ClFN4O5.ClH/c1-12(2)29-11-24(8-15(24)22(34)28(3)4)30-10-14(19(31)20(32)18(30)23(29)35)21(33)27-9-13-6-5-7-16(25)17(13)26;/h5-7,10,12,15,32H,8-9,11H2,1-4H3,(H,27,33);1H/t15-,24-;/m1./s1. The molecule has 1 fully saturated rings. The van der Waals surface area contributed by atoms with Crippen LogP contribution in [0.15, 0.2) is 29.2 Å². The lowest BCUT2D eigenvalue weighted by molar-refractivity contribution is -0.131. The maximum Gasteiger partial charge on any atom is 0.274 e. The van der Waals surface area contributed by atoms with E-state index < -0.39 is 45.8 Å². The molecule has 0 saturated heterocycles. The van der Waals surface area contributed by atoms with Gasteiger partial charge in [-0.1, -0.05) is 23.7 Å². The molecule has 2 N–H and O–H groups in total. The highest BCUT2D eigenvalue weighted by Gasteiger charge is 2.64. The van der Waals surface area contributed by atoms with E-state index in [1.54, 1.807) is 27.9 Å². The van der Waals surface area contributed by atoms with E-state index in [-0.39, 0.29) is 53.7 Å². The molecule has 36 heavy (non-hydrogen) atoms. The first-order valence-electron chi connectivity index (χ1n) is 11.1. The fourth-order valence-corrected chi connectivity index (χ4v) is 4.83. The quantitative estimate of drug-likeness (QED) is 0.604. The molecular formula is C24H27Cl2FN4O5. The highest BCUT2D eigenvalue weighted by molar-refractivity contribution is 6.30. The van der Waals surface area contributed by atoms with Crippen LogP contribution < -0.4 is 10.7 Å². The molecule has 1 spiro atoms. The summed E-state index contributed by atoms with van der Waals surface area (Å²) in [6.45, 7) is 3.55. The van der Waals surface area contributed by atoms with Crippen LogP contribution in [0, 0.1) is 11.7 Å². The summed E-state index contributed by atoms with van der Waals surface area (Å²) in [7, 11) is 3.25. The average Bonchev–Trinajstić information content (AvgIpc) is 3.52. The third-order valence-electron chi connectivity index (χ3n) is 6.69. The van der Waals surface area contributed by atoms with E-state index in [0.717, 1.165) is 0 Å². The number of hydrogen-bond donors (Lipinski definition) is 2. The number of aromatic hydroxyl groups is 1. The SMILES string of the molecule is CC(C)N1C[C@@]2(C[C@@H]2C(=O)N(C)C)n2cc(C(=O)NCc3cccc(Cl)c3F)c(=O)c(O)c2C1=O.Cl. The van der Waals surface area contributed by atoms with Crippen molar-refractivity contribution >= 4 is 41.7 Å². The molecule has 1 aromatic heterocycles. The second-order valence-corrected chi connectivity index (χ2v) is 9.86. The van der Waals surface area contributed by atoms with E-state index in [1.165, 1.54) is 38.8 Å². The Bertz CT molecular complexity index is 1310. The number of nitrogens with one attached hydrogen (secondary N) is 1. The molecule has 12 heteroatoms. The first-order chi connectivity index (χ1) is 16.4. The number of fused-ring (bicyclic) bond motifs is 2. The zero-order chi connectivity index (χ0) is 25.8. The topological polar surface area (TPSA) is 112 Å². The van der Waals surface area contributed by atoms with E-state index in [9.17, 15) is 28.7 Å². The molecule has 9 nitrogen and oxygen atoms in total. The molecule has 3 amide bonds. The zero-order valence-electron chi connectivity index (χ0n) is 20.2. The van der Waals surface area contributed by atoms with Gasteiger partial charge in [-0.2, -0.15) is 0 Å². The molecule has 1 aromatic carbocycles. The molecular weight excluding hydrogens is 514 g/mol. The van der Waals surface area contributed by atoms with E-state index in [2.05, 4.69) is 5.32 Å². The van der Waals surface area contributed by atoms with E-state index in [1.807, 2.05) is 0 Å². The van der Waals surface area contributed by atoms with Crippen molar-refractivity contribution in [2.45, 2.75) is 38.4 Å². The summed E-state index contributed by atoms with van der Waals surface area (Å²) >= 11 is 5.78. The van der Waals surface area contributed by atoms with Crippen molar-refractivity contribution < 1.29 is 23.9 Å². The normalized spacial score (nSPS) is 20.1. The number of halogens is 3. The molecule has 4 rings (SSSR count). The van der Waals surface area contributed by atoms with Crippen LogP contribution in [0.1, 0.15) is 46.7 Å². The number of pyridine rings is 1. The minimum absolute atomic E-state index is 0. The predicted molar refractivity (Wildman–Crippen MR) is 133 cm³/mol. The Labute approximate surface area is 218 Å². The lowest BCUT2D eigenvalue weighted by atomic mass is 10.0. The van der Waals surface area contributed by atoms with Gasteiger partial charge in [0.25, 0.3) is 11.8 Å². The molecule has 2 aromatic rings. The van der Waals surface area contributed by atoms with Crippen molar-refractivity contribution in [2.24, 2.45) is 5.92 Å². The summed E-state index contributed by atoms with van der Waals surface area (Å²) in [5.41, 5.74) is -2.46. The maximum atomic E-state index is 14.2. The minimum atomic E-state index is -1.02. The minimum Gasteiger partial charge on any atom is -0.503 e. The highest BCUT2D eigenvalue weighted by atomic mass is 35.5. The second-order valence-electron chi connectivity index (χ2n) is 9.45. The third kappa shape index (κ3) is 4.32. The maximum absolute atomic E-state index is 14.2. The Morgan fingerprint density at radius 3 is 2.58 bits per heavy atom. The third-order valence-corrected chi connectivity index (χ3v) is 6.99. The Kier molecular flexibility index (Phi) is 7.44. The molecule has 0 bridgehead atoms. The number of carbonyl (C=O) groups is 3. The van der Waals surface area contributed by atoms with Crippen molar-refractivity contribution in [1.82, 2.24) is 19.7 Å². The van der Waals surface area contributed by atoms with Crippen LogP contribution in [0.2, 0.25) is 5.02 Å². The predicted octanol–water partition coefficient (Wildman–Crippen LogP) is 2.37. The van der Waals surface area contributed by atoms with Gasteiger partial charge in [0.1, 0.15) is 11.4 Å². The van der Waals surface area contributed by atoms with Crippen molar-refractivity contribution in [3.05, 3.63) is 62.3 Å². The number of hydrogen-bond acceptors (Lipinski definition) is 5. The summed E-state index contributed by atoms with van der Waals surface area (Å²) in [6, 6.07) is 4.09. The zero-order valence-corrected chi connectivity index (χ0v) is 21.7. The van der Waals surface area contributed by atoms with Gasteiger partial charge in [0, 0.05) is 45.0 Å². The molecule has 2 aliphatic rings. The van der Waals surface area contributed by atoms with Crippen LogP contribution >= 0.6 is 24.0 Å². The highest BCUT2D eigenvalue weighted by Crippen LogP contribution is 2.55. The average molecular weight is 541 g/mol. The second kappa shape index (κ2) is 9.74. The van der Waals surface area contributed by atoms with Gasteiger partial charge in [-0.3, -0.25) is 19.2 Å². The largest absolute Gasteiger partial charge is 0.503 e. The van der Waals surface area contributed by atoms with Gasteiger partial charge in [0.05, 0.1) is 16.5 Å². The van der Waals surface area contributed by atoms with Gasteiger partial charge in [0.2, 0.25) is 11.3 Å². The van der Waals surface area contributed by atoms with E-state index in [4.69, 9.17) is 11.6 Å². The van der Waals surface area contributed by atoms with Crippen molar-refractivity contribution in [3.63, 3.8) is 0 Å². The van der Waals surface area contributed by atoms with Crippen molar-refractivity contribution in [2.75, 3.05) is 20.6 Å². The van der Waals surface area contributed by atoms with Gasteiger partial charge < -0.3 is 24.8 Å².